The second kappa shape index (κ2) is 7.68. The molecule has 1 saturated heterocycles. The molecule has 0 aromatic rings. The average Bonchev–Trinajstić information content (AvgIpc) is 3.34. The summed E-state index contributed by atoms with van der Waals surface area (Å²) in [4.78, 5) is 17.8. The van der Waals surface area contributed by atoms with Crippen molar-refractivity contribution in [1.29, 1.82) is 0 Å². The van der Waals surface area contributed by atoms with E-state index < -0.39 is 0 Å². The number of oxime groups is 1. The molecule has 2 aliphatic carbocycles. The molecule has 1 N–H and O–H groups in total. The van der Waals surface area contributed by atoms with Crippen LogP contribution in [-0.4, -0.2) is 35.9 Å². The summed E-state index contributed by atoms with van der Waals surface area (Å²) >= 11 is 0. The summed E-state index contributed by atoms with van der Waals surface area (Å²) in [6.07, 6.45) is 8.62. The molecule has 1 aliphatic heterocycles. The zero-order valence-corrected chi connectivity index (χ0v) is 14.7. The van der Waals surface area contributed by atoms with Crippen LogP contribution in [-0.2, 0) is 14.4 Å². The minimum absolute atomic E-state index is 0.0800. The topological polar surface area (TPSA) is 71.4 Å². The molecule has 0 spiro atoms. The number of allylic oxidation sites excluding steroid dienone is 2. The van der Waals surface area contributed by atoms with Gasteiger partial charge in [-0.2, -0.15) is 0 Å². The summed E-state index contributed by atoms with van der Waals surface area (Å²) in [6, 6.07) is 0. The first kappa shape index (κ1) is 17.5. The van der Waals surface area contributed by atoms with E-state index >= 15 is 0 Å². The van der Waals surface area contributed by atoms with Gasteiger partial charge in [0.15, 0.2) is 5.78 Å². The minimum atomic E-state index is -0.155. The molecule has 2 fully saturated rings. The Bertz CT molecular complexity index is 527. The molecule has 3 aliphatic rings. The number of fused-ring (bicyclic) bond motifs is 1. The van der Waals surface area contributed by atoms with Crippen molar-refractivity contribution in [3.63, 3.8) is 0 Å². The Balaban J connectivity index is 1.65. The molecule has 0 aromatic heterocycles. The predicted molar refractivity (Wildman–Crippen MR) is 91.9 cm³/mol. The van der Waals surface area contributed by atoms with E-state index in [9.17, 15) is 9.90 Å². The van der Waals surface area contributed by atoms with Gasteiger partial charge in [0.1, 0.15) is 6.61 Å². The third kappa shape index (κ3) is 3.82. The van der Waals surface area contributed by atoms with Crippen molar-refractivity contribution in [1.82, 2.24) is 0 Å². The monoisotopic (exact) mass is 335 g/mol. The van der Waals surface area contributed by atoms with Gasteiger partial charge in [-0.25, -0.2) is 0 Å². The van der Waals surface area contributed by atoms with Gasteiger partial charge >= 0.3 is 0 Å². The molecule has 5 nitrogen and oxygen atoms in total. The number of carbonyl (C=O) groups excluding carboxylic acids is 1. The Labute approximate surface area is 144 Å². The van der Waals surface area contributed by atoms with Crippen LogP contribution < -0.4 is 0 Å². The number of Topliss-reactive ketones (excluding diaryl/α,β-unsaturated/α-hetero) is 1. The highest BCUT2D eigenvalue weighted by Crippen LogP contribution is 2.46. The molecule has 5 unspecified atom stereocenters. The van der Waals surface area contributed by atoms with Gasteiger partial charge in [-0.1, -0.05) is 19.0 Å². The molecule has 24 heavy (non-hydrogen) atoms. The highest BCUT2D eigenvalue weighted by atomic mass is 16.6. The van der Waals surface area contributed by atoms with Crippen LogP contribution >= 0.6 is 0 Å². The van der Waals surface area contributed by atoms with Crippen LogP contribution in [0.4, 0.5) is 0 Å². The molecule has 1 heterocycles. The van der Waals surface area contributed by atoms with Crippen molar-refractivity contribution < 1.29 is 19.5 Å². The van der Waals surface area contributed by atoms with Gasteiger partial charge in [-0.15, -0.1) is 0 Å². The standard InChI is InChI=1S/C19H29NO4/c1-3-7-23-20-11-12(4-2)19-15(21)8-14(9-16(19)22)13-5-6-17-18(10-13)24-17/h11-14,17-18,21H,3-10H2,1-2H3/b20-11+. The third-order valence-corrected chi connectivity index (χ3v) is 5.65. The lowest BCUT2D eigenvalue weighted by molar-refractivity contribution is -0.118. The van der Waals surface area contributed by atoms with Gasteiger partial charge in [0, 0.05) is 24.3 Å². The largest absolute Gasteiger partial charge is 0.512 e. The van der Waals surface area contributed by atoms with E-state index in [1.54, 1.807) is 6.21 Å². The van der Waals surface area contributed by atoms with Crippen molar-refractivity contribution >= 4 is 12.0 Å². The van der Waals surface area contributed by atoms with Gasteiger partial charge in [-0.3, -0.25) is 4.79 Å². The maximum atomic E-state index is 12.7. The fraction of sp³-hybridized carbons (Fsp3) is 0.789. The van der Waals surface area contributed by atoms with Crippen LogP contribution in [0.5, 0.6) is 0 Å². The quantitative estimate of drug-likeness (QED) is 0.333. The minimum Gasteiger partial charge on any atom is -0.512 e. The molecule has 0 radical (unpaired) electrons. The van der Waals surface area contributed by atoms with Gasteiger partial charge < -0.3 is 14.7 Å². The second-order valence-electron chi connectivity index (χ2n) is 7.34. The van der Waals surface area contributed by atoms with E-state index in [0.717, 1.165) is 32.1 Å². The Morgan fingerprint density at radius 1 is 1.29 bits per heavy atom. The number of aliphatic hydroxyl groups is 1. The van der Waals surface area contributed by atoms with Crippen molar-refractivity contribution in [2.75, 3.05) is 6.61 Å². The summed E-state index contributed by atoms with van der Waals surface area (Å²) in [7, 11) is 0. The number of epoxide rings is 1. The first-order valence-corrected chi connectivity index (χ1v) is 9.40. The van der Waals surface area contributed by atoms with E-state index in [-0.39, 0.29) is 23.4 Å². The lowest BCUT2D eigenvalue weighted by Gasteiger charge is -2.32. The van der Waals surface area contributed by atoms with E-state index in [4.69, 9.17) is 9.57 Å². The van der Waals surface area contributed by atoms with Crippen LogP contribution in [0, 0.1) is 17.8 Å². The first-order chi connectivity index (χ1) is 11.6. The van der Waals surface area contributed by atoms with E-state index in [0.29, 0.717) is 43.1 Å². The number of nitrogens with zero attached hydrogens (tertiary/aromatic N) is 1. The number of ketones is 1. The smallest absolute Gasteiger partial charge is 0.163 e. The fourth-order valence-electron chi connectivity index (χ4n) is 4.20. The summed E-state index contributed by atoms with van der Waals surface area (Å²) in [5.74, 6) is 0.957. The van der Waals surface area contributed by atoms with Gasteiger partial charge in [0.25, 0.3) is 0 Å². The Morgan fingerprint density at radius 2 is 2.12 bits per heavy atom. The molecule has 0 amide bonds. The van der Waals surface area contributed by atoms with Crippen molar-refractivity contribution in [2.24, 2.45) is 22.9 Å². The van der Waals surface area contributed by atoms with Crippen LogP contribution in [0.15, 0.2) is 16.5 Å². The normalized spacial score (nSPS) is 34.3. The molecule has 134 valence electrons. The molecular weight excluding hydrogens is 306 g/mol. The van der Waals surface area contributed by atoms with Crippen molar-refractivity contribution in [3.8, 4) is 0 Å². The Kier molecular flexibility index (Phi) is 5.59. The third-order valence-electron chi connectivity index (χ3n) is 5.65. The highest BCUT2D eigenvalue weighted by Gasteiger charge is 2.46. The molecule has 0 bridgehead atoms. The predicted octanol–water partition coefficient (Wildman–Crippen LogP) is 3.78. The molecule has 3 rings (SSSR count). The number of hydrogen-bond donors (Lipinski definition) is 1. The number of rotatable bonds is 7. The molecule has 5 heteroatoms. The zero-order valence-electron chi connectivity index (χ0n) is 14.7. The molecular formula is C19H29NO4. The lowest BCUT2D eigenvalue weighted by atomic mass is 9.71. The summed E-state index contributed by atoms with van der Waals surface area (Å²) < 4.78 is 5.60. The van der Waals surface area contributed by atoms with Crippen LogP contribution in [0.2, 0.25) is 0 Å². The SMILES string of the molecule is CCCO/N=C/C(CC)C1=C(O)CC(C2CCC3OC3C2)CC1=O. The highest BCUT2D eigenvalue weighted by molar-refractivity contribution is 6.00. The fourth-order valence-corrected chi connectivity index (χ4v) is 4.20. The maximum absolute atomic E-state index is 12.7. The van der Waals surface area contributed by atoms with Crippen LogP contribution in [0.3, 0.4) is 0 Å². The van der Waals surface area contributed by atoms with Crippen molar-refractivity contribution in [2.45, 2.75) is 71.0 Å². The van der Waals surface area contributed by atoms with E-state index in [1.807, 2.05) is 13.8 Å². The zero-order chi connectivity index (χ0) is 17.1. The first-order valence-electron chi connectivity index (χ1n) is 9.40. The maximum Gasteiger partial charge on any atom is 0.163 e. The summed E-state index contributed by atoms with van der Waals surface area (Å²) in [5.41, 5.74) is 0.550. The van der Waals surface area contributed by atoms with E-state index in [2.05, 4.69) is 5.16 Å². The summed E-state index contributed by atoms with van der Waals surface area (Å²) in [6.45, 7) is 4.59. The summed E-state index contributed by atoms with van der Waals surface area (Å²) in [5, 5.41) is 14.5. The Hall–Kier alpha value is -1.36. The molecule has 1 saturated carbocycles. The average molecular weight is 335 g/mol. The van der Waals surface area contributed by atoms with Gasteiger partial charge in [0.2, 0.25) is 0 Å². The van der Waals surface area contributed by atoms with Crippen LogP contribution in [0.1, 0.15) is 58.8 Å². The number of ether oxygens (including phenoxy) is 1. The van der Waals surface area contributed by atoms with Crippen LogP contribution in [0.25, 0.3) is 0 Å². The molecule has 5 atom stereocenters. The lowest BCUT2D eigenvalue weighted by Crippen LogP contribution is -2.31. The Morgan fingerprint density at radius 3 is 2.79 bits per heavy atom. The molecule has 0 aromatic carbocycles. The number of carbonyl (C=O) groups is 1. The second-order valence-corrected chi connectivity index (χ2v) is 7.34. The number of aliphatic hydroxyl groups excluding tert-OH is 1. The van der Waals surface area contributed by atoms with Gasteiger partial charge in [0.05, 0.1) is 24.2 Å². The number of hydrogen-bond acceptors (Lipinski definition) is 5. The van der Waals surface area contributed by atoms with Crippen molar-refractivity contribution in [3.05, 3.63) is 11.3 Å². The van der Waals surface area contributed by atoms with Gasteiger partial charge in [-0.05, 0) is 43.9 Å². The van der Waals surface area contributed by atoms with E-state index in [1.165, 1.54) is 0 Å².